The topological polar surface area (TPSA) is 111 Å². The number of nitrogen functional groups attached to an aromatic ring is 1. The van der Waals surface area contributed by atoms with Gasteiger partial charge in [0.15, 0.2) is 0 Å². The van der Waals surface area contributed by atoms with Gasteiger partial charge in [-0.15, -0.1) is 0 Å². The molecule has 0 bridgehead atoms. The molecule has 27 heavy (non-hydrogen) atoms. The number of nitrogens with one attached hydrogen (secondary N) is 1. The van der Waals surface area contributed by atoms with Gasteiger partial charge in [-0.2, -0.15) is 5.10 Å². The van der Waals surface area contributed by atoms with Crippen molar-refractivity contribution in [3.8, 4) is 0 Å². The summed E-state index contributed by atoms with van der Waals surface area (Å²) < 4.78 is 0. The van der Waals surface area contributed by atoms with E-state index in [9.17, 15) is 15.0 Å². The van der Waals surface area contributed by atoms with Crippen LogP contribution in [0.2, 0.25) is 0 Å². The van der Waals surface area contributed by atoms with Crippen molar-refractivity contribution in [2.45, 2.75) is 32.6 Å². The quantitative estimate of drug-likeness (QED) is 0.617. The zero-order valence-electron chi connectivity index (χ0n) is 15.4. The van der Waals surface area contributed by atoms with Crippen molar-refractivity contribution in [1.82, 2.24) is 10.3 Å². The average Bonchev–Trinajstić information content (AvgIpc) is 2.81. The predicted molar refractivity (Wildman–Crippen MR) is 104 cm³/mol. The molecule has 5 N–H and O–H groups in total. The summed E-state index contributed by atoms with van der Waals surface area (Å²) in [5.74, 6) is 0. The highest BCUT2D eigenvalue weighted by molar-refractivity contribution is 6.14. The molecular weight excluding hydrogens is 344 g/mol. The molecule has 0 radical (unpaired) electrons. The van der Waals surface area contributed by atoms with Crippen LogP contribution in [0.1, 0.15) is 34.7 Å². The lowest BCUT2D eigenvalue weighted by molar-refractivity contribution is 0.184. The van der Waals surface area contributed by atoms with Gasteiger partial charge in [-0.3, -0.25) is 0 Å². The number of aliphatic hydroxyl groups is 2. The minimum Gasteiger partial charge on any atom is -0.399 e. The van der Waals surface area contributed by atoms with Gasteiger partial charge in [-0.1, -0.05) is 18.2 Å². The maximum absolute atomic E-state index is 12.4. The Balaban J connectivity index is 2.26. The molecule has 2 amide bonds. The van der Waals surface area contributed by atoms with Gasteiger partial charge < -0.3 is 21.3 Å². The van der Waals surface area contributed by atoms with Crippen molar-refractivity contribution in [1.29, 1.82) is 0 Å². The Morgan fingerprint density at radius 1 is 1.26 bits per heavy atom. The van der Waals surface area contributed by atoms with Crippen molar-refractivity contribution >= 4 is 17.4 Å². The first kappa shape index (κ1) is 18.9. The van der Waals surface area contributed by atoms with Crippen LogP contribution in [0.25, 0.3) is 0 Å². The Bertz CT molecular complexity index is 895. The van der Waals surface area contributed by atoms with E-state index in [1.165, 1.54) is 5.01 Å². The van der Waals surface area contributed by atoms with Crippen LogP contribution in [-0.4, -0.2) is 40.1 Å². The molecule has 7 heteroatoms. The highest BCUT2D eigenvalue weighted by Crippen LogP contribution is 2.27. The summed E-state index contributed by atoms with van der Waals surface area (Å²) in [7, 11) is 1.57. The average molecular weight is 368 g/mol. The van der Waals surface area contributed by atoms with Gasteiger partial charge in [-0.05, 0) is 48.2 Å². The summed E-state index contributed by atoms with van der Waals surface area (Å²) in [6.07, 6.45) is 0.566. The molecule has 142 valence electrons. The van der Waals surface area contributed by atoms with Crippen LogP contribution in [0.15, 0.2) is 41.5 Å². The number of nitrogens with zero attached hydrogens (tertiary/aromatic N) is 2. The predicted octanol–water partition coefficient (Wildman–Crippen LogP) is 1.59. The van der Waals surface area contributed by atoms with E-state index in [0.717, 1.165) is 16.7 Å². The fourth-order valence-electron chi connectivity index (χ4n) is 3.35. The number of urea groups is 1. The second-order valence-electron chi connectivity index (χ2n) is 6.62. The third-order valence-corrected chi connectivity index (χ3v) is 4.74. The molecule has 0 aromatic heterocycles. The number of amides is 2. The minimum absolute atomic E-state index is 0.165. The number of fused-ring (bicyclic) bond motifs is 1. The normalized spacial score (nSPS) is 16.4. The van der Waals surface area contributed by atoms with Crippen molar-refractivity contribution < 1.29 is 15.0 Å². The van der Waals surface area contributed by atoms with Gasteiger partial charge in [0, 0.05) is 23.9 Å². The lowest BCUT2D eigenvalue weighted by Crippen LogP contribution is -2.41. The van der Waals surface area contributed by atoms with Gasteiger partial charge in [0.2, 0.25) is 0 Å². The van der Waals surface area contributed by atoms with Crippen LogP contribution in [0.3, 0.4) is 0 Å². The Morgan fingerprint density at radius 3 is 2.59 bits per heavy atom. The fourth-order valence-corrected chi connectivity index (χ4v) is 3.35. The smallest absolute Gasteiger partial charge is 0.337 e. The van der Waals surface area contributed by atoms with E-state index < -0.39 is 0 Å². The number of aliphatic hydroxyl groups excluding tert-OH is 2. The molecule has 1 aliphatic rings. The molecule has 3 rings (SSSR count). The Labute approximate surface area is 158 Å². The molecule has 1 atom stereocenters. The van der Waals surface area contributed by atoms with E-state index in [0.29, 0.717) is 28.9 Å². The van der Waals surface area contributed by atoms with Crippen LogP contribution >= 0.6 is 0 Å². The summed E-state index contributed by atoms with van der Waals surface area (Å²) in [6.45, 7) is 1.56. The van der Waals surface area contributed by atoms with Gasteiger partial charge in [0.25, 0.3) is 0 Å². The molecule has 0 spiro atoms. The Morgan fingerprint density at radius 2 is 1.96 bits per heavy atom. The van der Waals surface area contributed by atoms with Crippen LogP contribution in [-0.2, 0) is 19.6 Å². The van der Waals surface area contributed by atoms with Gasteiger partial charge in [0.1, 0.15) is 0 Å². The molecule has 1 aliphatic heterocycles. The van der Waals surface area contributed by atoms with Crippen LogP contribution in [0.4, 0.5) is 10.5 Å². The van der Waals surface area contributed by atoms with Crippen LogP contribution < -0.4 is 11.1 Å². The number of carbonyl (C=O) groups excluding carboxylic acids is 1. The van der Waals surface area contributed by atoms with Crippen molar-refractivity contribution in [2.24, 2.45) is 5.10 Å². The first-order chi connectivity index (χ1) is 13.0. The summed E-state index contributed by atoms with van der Waals surface area (Å²) in [5.41, 5.74) is 11.0. The van der Waals surface area contributed by atoms with Crippen molar-refractivity contribution in [3.63, 3.8) is 0 Å². The van der Waals surface area contributed by atoms with E-state index in [-0.39, 0.29) is 25.3 Å². The molecule has 0 saturated heterocycles. The number of hydrazone groups is 1. The van der Waals surface area contributed by atoms with Crippen molar-refractivity contribution in [2.75, 3.05) is 12.8 Å². The molecule has 1 heterocycles. The van der Waals surface area contributed by atoms with Crippen LogP contribution in [0, 0.1) is 0 Å². The molecule has 1 unspecified atom stereocenters. The third kappa shape index (κ3) is 3.65. The number of carbonyl (C=O) groups is 1. The molecule has 2 aromatic rings. The zero-order chi connectivity index (χ0) is 19.6. The van der Waals surface area contributed by atoms with Crippen molar-refractivity contribution in [3.05, 3.63) is 64.2 Å². The molecule has 7 nitrogen and oxygen atoms in total. The number of anilines is 1. The van der Waals surface area contributed by atoms with Gasteiger partial charge >= 0.3 is 6.03 Å². The van der Waals surface area contributed by atoms with E-state index >= 15 is 0 Å². The van der Waals surface area contributed by atoms with Gasteiger partial charge in [0.05, 0.1) is 25.0 Å². The lowest BCUT2D eigenvalue weighted by atomic mass is 9.90. The maximum Gasteiger partial charge on any atom is 0.337 e. The summed E-state index contributed by atoms with van der Waals surface area (Å²) >= 11 is 0. The lowest BCUT2D eigenvalue weighted by Gasteiger charge is -2.22. The largest absolute Gasteiger partial charge is 0.399 e. The molecular formula is C20H24N4O3. The molecule has 0 fully saturated rings. The summed E-state index contributed by atoms with van der Waals surface area (Å²) in [5, 5.41) is 28.1. The zero-order valence-corrected chi connectivity index (χ0v) is 15.4. The Kier molecular flexibility index (Phi) is 5.43. The van der Waals surface area contributed by atoms with E-state index in [1.54, 1.807) is 19.2 Å². The van der Waals surface area contributed by atoms with E-state index in [4.69, 9.17) is 5.73 Å². The number of hydrogen-bond acceptors (Lipinski definition) is 5. The highest BCUT2D eigenvalue weighted by Gasteiger charge is 2.27. The van der Waals surface area contributed by atoms with Gasteiger partial charge in [-0.25, -0.2) is 9.80 Å². The number of rotatable bonds is 3. The second kappa shape index (κ2) is 7.77. The summed E-state index contributed by atoms with van der Waals surface area (Å²) in [4.78, 5) is 12.4. The monoisotopic (exact) mass is 368 g/mol. The summed E-state index contributed by atoms with van der Waals surface area (Å²) in [6, 6.07) is 10.5. The number of hydrogen-bond donors (Lipinski definition) is 4. The fraction of sp³-hybridized carbons (Fsp3) is 0.300. The van der Waals surface area contributed by atoms with E-state index in [1.807, 2.05) is 31.2 Å². The first-order valence-electron chi connectivity index (χ1n) is 8.80. The van der Waals surface area contributed by atoms with Crippen LogP contribution in [0.5, 0.6) is 0 Å². The SMILES string of the molecule is CNC(=O)N1N=C(c2cccc(N)c2)c2cc(CO)c(CO)cc2CC1C. The highest BCUT2D eigenvalue weighted by atomic mass is 16.3. The molecule has 2 aromatic carbocycles. The Hall–Kier alpha value is -2.90. The molecule has 0 saturated carbocycles. The third-order valence-electron chi connectivity index (χ3n) is 4.74. The van der Waals surface area contributed by atoms with E-state index in [2.05, 4.69) is 10.4 Å². The minimum atomic E-state index is -0.304. The maximum atomic E-state index is 12.4. The number of benzene rings is 2. The second-order valence-corrected chi connectivity index (χ2v) is 6.62. The number of nitrogens with two attached hydrogens (primary N) is 1. The standard InChI is InChI=1S/C20H24N4O3/c1-12-6-14-7-15(10-25)16(11-26)9-18(14)19(23-24(12)20(27)22-2)13-4-3-5-17(21)8-13/h3-5,7-9,12,25-26H,6,10-11,21H2,1-2H3,(H,22,27). The first-order valence-corrected chi connectivity index (χ1v) is 8.80. The molecule has 0 aliphatic carbocycles.